The molecule has 0 radical (unpaired) electrons. The SMILES string of the molecule is Cc1ccc2nc(N(CCN3CCOCC3)C(=O)c3ccc4ncsc4c3)sc2c1. The number of morpholine rings is 1. The van der Waals surface area contributed by atoms with Crippen LogP contribution in [0.3, 0.4) is 0 Å². The molecule has 0 atom stereocenters. The van der Waals surface area contributed by atoms with Crippen LogP contribution in [-0.4, -0.2) is 60.2 Å². The van der Waals surface area contributed by atoms with Crippen LogP contribution in [0.15, 0.2) is 41.9 Å². The predicted octanol–water partition coefficient (Wildman–Crippen LogP) is 4.19. The van der Waals surface area contributed by atoms with Gasteiger partial charge < -0.3 is 4.74 Å². The molecule has 154 valence electrons. The van der Waals surface area contributed by atoms with Gasteiger partial charge in [-0.25, -0.2) is 9.97 Å². The number of aryl methyl sites for hydroxylation is 1. The highest BCUT2D eigenvalue weighted by molar-refractivity contribution is 7.22. The molecule has 0 unspecified atom stereocenters. The number of ether oxygens (including phenoxy) is 1. The second-order valence-electron chi connectivity index (χ2n) is 7.41. The number of carbonyl (C=O) groups excluding carboxylic acids is 1. The first-order valence-electron chi connectivity index (χ1n) is 10.00. The Morgan fingerprint density at radius 3 is 2.83 bits per heavy atom. The van der Waals surface area contributed by atoms with Gasteiger partial charge >= 0.3 is 0 Å². The Balaban J connectivity index is 1.47. The van der Waals surface area contributed by atoms with Gasteiger partial charge in [-0.05, 0) is 42.8 Å². The maximum absolute atomic E-state index is 13.6. The molecule has 30 heavy (non-hydrogen) atoms. The number of benzene rings is 2. The zero-order valence-corrected chi connectivity index (χ0v) is 18.3. The molecule has 1 amide bonds. The highest BCUT2D eigenvalue weighted by atomic mass is 32.1. The van der Waals surface area contributed by atoms with E-state index in [9.17, 15) is 4.79 Å². The van der Waals surface area contributed by atoms with Gasteiger partial charge in [-0.3, -0.25) is 14.6 Å². The third-order valence-electron chi connectivity index (χ3n) is 5.33. The Kier molecular flexibility index (Phi) is 5.47. The van der Waals surface area contributed by atoms with Crippen LogP contribution in [-0.2, 0) is 4.74 Å². The number of aromatic nitrogens is 2. The summed E-state index contributed by atoms with van der Waals surface area (Å²) in [4.78, 5) is 26.8. The molecule has 0 saturated carbocycles. The Morgan fingerprint density at radius 2 is 1.97 bits per heavy atom. The van der Waals surface area contributed by atoms with Gasteiger partial charge in [-0.2, -0.15) is 0 Å². The molecule has 0 spiro atoms. The average molecular weight is 439 g/mol. The minimum absolute atomic E-state index is 0.0191. The third kappa shape index (κ3) is 3.96. The molecule has 8 heteroatoms. The standard InChI is InChI=1S/C22H22N4O2S2/c1-15-2-4-18-20(12-15)30-22(24-18)26(7-6-25-8-10-28-11-9-25)21(27)16-3-5-17-19(13-16)29-14-23-17/h2-5,12-14H,6-11H2,1H3. The highest BCUT2D eigenvalue weighted by Crippen LogP contribution is 2.31. The number of anilines is 1. The van der Waals surface area contributed by atoms with Crippen LogP contribution in [0.5, 0.6) is 0 Å². The second-order valence-corrected chi connectivity index (χ2v) is 9.31. The summed E-state index contributed by atoms with van der Waals surface area (Å²) in [5, 5.41) is 0.748. The summed E-state index contributed by atoms with van der Waals surface area (Å²) >= 11 is 3.13. The van der Waals surface area contributed by atoms with Crippen molar-refractivity contribution in [3.05, 3.63) is 53.0 Å². The van der Waals surface area contributed by atoms with Crippen molar-refractivity contribution in [3.63, 3.8) is 0 Å². The molecular formula is C22H22N4O2S2. The summed E-state index contributed by atoms with van der Waals surface area (Å²) < 4.78 is 7.58. The largest absolute Gasteiger partial charge is 0.379 e. The maximum Gasteiger partial charge on any atom is 0.260 e. The number of amides is 1. The fraction of sp³-hybridized carbons (Fsp3) is 0.318. The van der Waals surface area contributed by atoms with Crippen molar-refractivity contribution in [3.8, 4) is 0 Å². The molecule has 1 saturated heterocycles. The number of fused-ring (bicyclic) bond motifs is 2. The lowest BCUT2D eigenvalue weighted by molar-refractivity contribution is 0.0391. The first kappa shape index (κ1) is 19.6. The predicted molar refractivity (Wildman–Crippen MR) is 123 cm³/mol. The Hall–Kier alpha value is -2.39. The number of thiazole rings is 2. The first-order valence-corrected chi connectivity index (χ1v) is 11.7. The molecule has 6 nitrogen and oxygen atoms in total. The fourth-order valence-corrected chi connectivity index (χ4v) is 5.43. The Morgan fingerprint density at radius 1 is 1.13 bits per heavy atom. The Labute approximate surface area is 182 Å². The van der Waals surface area contributed by atoms with Crippen LogP contribution >= 0.6 is 22.7 Å². The van der Waals surface area contributed by atoms with Crippen LogP contribution in [0.4, 0.5) is 5.13 Å². The summed E-state index contributed by atoms with van der Waals surface area (Å²) in [5.41, 5.74) is 5.53. The minimum Gasteiger partial charge on any atom is -0.379 e. The molecule has 2 aromatic carbocycles. The summed E-state index contributed by atoms with van der Waals surface area (Å²) in [7, 11) is 0. The van der Waals surface area contributed by atoms with Gasteiger partial charge in [0.2, 0.25) is 0 Å². The van der Waals surface area contributed by atoms with Gasteiger partial charge in [0.1, 0.15) is 0 Å². The van der Waals surface area contributed by atoms with E-state index >= 15 is 0 Å². The topological polar surface area (TPSA) is 58.6 Å². The van der Waals surface area contributed by atoms with Gasteiger partial charge in [-0.1, -0.05) is 17.4 Å². The van der Waals surface area contributed by atoms with E-state index < -0.39 is 0 Å². The molecule has 5 rings (SSSR count). The molecular weight excluding hydrogens is 416 g/mol. The van der Waals surface area contributed by atoms with Crippen LogP contribution in [0.1, 0.15) is 15.9 Å². The van der Waals surface area contributed by atoms with Crippen LogP contribution in [0.2, 0.25) is 0 Å². The molecule has 0 aliphatic carbocycles. The van der Waals surface area contributed by atoms with Crippen molar-refractivity contribution in [2.75, 3.05) is 44.3 Å². The van der Waals surface area contributed by atoms with E-state index in [1.807, 2.05) is 34.7 Å². The monoisotopic (exact) mass is 438 g/mol. The summed E-state index contributed by atoms with van der Waals surface area (Å²) in [6, 6.07) is 11.9. The normalized spacial score (nSPS) is 15.1. The highest BCUT2D eigenvalue weighted by Gasteiger charge is 2.23. The molecule has 4 aromatic rings. The second kappa shape index (κ2) is 8.39. The van der Waals surface area contributed by atoms with E-state index in [0.29, 0.717) is 12.1 Å². The summed E-state index contributed by atoms with van der Waals surface area (Å²) in [6.07, 6.45) is 0. The summed E-state index contributed by atoms with van der Waals surface area (Å²) in [5.74, 6) is -0.0191. The third-order valence-corrected chi connectivity index (χ3v) is 7.16. The lowest BCUT2D eigenvalue weighted by Gasteiger charge is -2.29. The molecule has 1 fully saturated rings. The van der Waals surface area contributed by atoms with Crippen LogP contribution in [0, 0.1) is 6.92 Å². The average Bonchev–Trinajstić information content (AvgIpc) is 3.40. The van der Waals surface area contributed by atoms with Crippen molar-refractivity contribution in [1.29, 1.82) is 0 Å². The number of rotatable bonds is 5. The van der Waals surface area contributed by atoms with Gasteiger partial charge in [0, 0.05) is 31.7 Å². The van der Waals surface area contributed by atoms with E-state index in [2.05, 4.69) is 28.9 Å². The molecule has 0 N–H and O–H groups in total. The van der Waals surface area contributed by atoms with Crippen molar-refractivity contribution >= 4 is 54.1 Å². The van der Waals surface area contributed by atoms with Crippen LogP contribution in [0.25, 0.3) is 20.4 Å². The van der Waals surface area contributed by atoms with E-state index in [1.165, 1.54) is 5.56 Å². The summed E-state index contributed by atoms with van der Waals surface area (Å²) in [6.45, 7) is 6.75. The van der Waals surface area contributed by atoms with Crippen molar-refractivity contribution in [1.82, 2.24) is 14.9 Å². The van der Waals surface area contributed by atoms with Gasteiger partial charge in [0.05, 0.1) is 39.2 Å². The van der Waals surface area contributed by atoms with Gasteiger partial charge in [-0.15, -0.1) is 11.3 Å². The Bertz CT molecular complexity index is 1200. The quantitative estimate of drug-likeness (QED) is 0.468. The number of carbonyl (C=O) groups is 1. The van der Waals surface area contributed by atoms with E-state index in [4.69, 9.17) is 9.72 Å². The van der Waals surface area contributed by atoms with Crippen LogP contribution < -0.4 is 4.90 Å². The first-order chi connectivity index (χ1) is 14.7. The van der Waals surface area contributed by atoms with E-state index in [0.717, 1.165) is 58.4 Å². The zero-order valence-electron chi connectivity index (χ0n) is 16.7. The smallest absolute Gasteiger partial charge is 0.260 e. The number of hydrogen-bond acceptors (Lipinski definition) is 7. The van der Waals surface area contributed by atoms with Crippen molar-refractivity contribution in [2.24, 2.45) is 0 Å². The number of hydrogen-bond donors (Lipinski definition) is 0. The molecule has 1 aliphatic heterocycles. The molecule has 3 heterocycles. The minimum atomic E-state index is -0.0191. The van der Waals surface area contributed by atoms with Crippen molar-refractivity contribution < 1.29 is 9.53 Å². The fourth-order valence-electron chi connectivity index (χ4n) is 3.63. The zero-order chi connectivity index (χ0) is 20.5. The number of nitrogens with zero attached hydrogens (tertiary/aromatic N) is 4. The van der Waals surface area contributed by atoms with Gasteiger partial charge in [0.15, 0.2) is 5.13 Å². The van der Waals surface area contributed by atoms with E-state index in [1.54, 1.807) is 22.7 Å². The lowest BCUT2D eigenvalue weighted by atomic mass is 10.2. The van der Waals surface area contributed by atoms with Crippen molar-refractivity contribution in [2.45, 2.75) is 6.92 Å². The molecule has 1 aliphatic rings. The molecule has 0 bridgehead atoms. The lowest BCUT2D eigenvalue weighted by Crippen LogP contribution is -2.43. The van der Waals surface area contributed by atoms with E-state index in [-0.39, 0.29) is 5.91 Å². The molecule has 2 aromatic heterocycles. The van der Waals surface area contributed by atoms with Gasteiger partial charge in [0.25, 0.3) is 5.91 Å². The maximum atomic E-state index is 13.6.